The molecule has 3 N–H and O–H groups in total. The average molecular weight is 236 g/mol. The molecule has 0 aliphatic carbocycles. The average Bonchev–Trinajstić information content (AvgIpc) is 2.73. The lowest BCUT2D eigenvalue weighted by atomic mass is 10.3. The van der Waals surface area contributed by atoms with Crippen molar-refractivity contribution >= 4 is 22.8 Å². The Morgan fingerprint density at radius 1 is 1.56 bits per heavy atom. The molecule has 2 heterocycles. The summed E-state index contributed by atoms with van der Waals surface area (Å²) in [5.41, 5.74) is 1.85. The summed E-state index contributed by atoms with van der Waals surface area (Å²) < 4.78 is 0. The van der Waals surface area contributed by atoms with Crippen molar-refractivity contribution in [3.8, 4) is 0 Å². The predicted octanol–water partition coefficient (Wildman–Crippen LogP) is 1.49. The van der Waals surface area contributed by atoms with Crippen LogP contribution in [0.25, 0.3) is 0 Å². The summed E-state index contributed by atoms with van der Waals surface area (Å²) >= 11 is 1.17. The zero-order valence-electron chi connectivity index (χ0n) is 8.78. The Hall–Kier alpha value is -1.82. The van der Waals surface area contributed by atoms with Crippen molar-refractivity contribution in [2.24, 2.45) is 0 Å². The Balaban J connectivity index is 2.01. The summed E-state index contributed by atoms with van der Waals surface area (Å²) in [7, 11) is 1.82. The van der Waals surface area contributed by atoms with E-state index in [9.17, 15) is 4.79 Å². The molecular formula is C10H12N4OS. The summed E-state index contributed by atoms with van der Waals surface area (Å²) in [6, 6.07) is 3.79. The highest BCUT2D eigenvalue weighted by Crippen LogP contribution is 2.12. The molecule has 0 saturated heterocycles. The number of anilines is 2. The van der Waals surface area contributed by atoms with Gasteiger partial charge in [-0.15, -0.1) is 0 Å². The first-order valence-corrected chi connectivity index (χ1v) is 5.70. The highest BCUT2D eigenvalue weighted by atomic mass is 32.1. The van der Waals surface area contributed by atoms with E-state index in [2.05, 4.69) is 20.6 Å². The van der Waals surface area contributed by atoms with Crippen molar-refractivity contribution < 1.29 is 0 Å². The summed E-state index contributed by atoms with van der Waals surface area (Å²) in [4.78, 5) is 17.7. The molecule has 2 aromatic rings. The first kappa shape index (κ1) is 10.7. The third-order valence-corrected chi connectivity index (χ3v) is 2.79. The Morgan fingerprint density at radius 2 is 2.44 bits per heavy atom. The SMILES string of the molecule is CNc1cc(NCc2csc(=O)[nH]2)ccn1. The monoisotopic (exact) mass is 236 g/mol. The first-order valence-electron chi connectivity index (χ1n) is 4.82. The van der Waals surface area contributed by atoms with Crippen LogP contribution in [-0.2, 0) is 6.54 Å². The van der Waals surface area contributed by atoms with Crippen LogP contribution in [0.15, 0.2) is 28.5 Å². The third-order valence-electron chi connectivity index (χ3n) is 2.07. The molecule has 0 unspecified atom stereocenters. The van der Waals surface area contributed by atoms with Crippen molar-refractivity contribution in [2.45, 2.75) is 6.54 Å². The smallest absolute Gasteiger partial charge is 0.304 e. The molecule has 0 aliphatic heterocycles. The van der Waals surface area contributed by atoms with Crippen LogP contribution >= 0.6 is 11.3 Å². The number of pyridine rings is 1. The van der Waals surface area contributed by atoms with E-state index in [-0.39, 0.29) is 4.87 Å². The Kier molecular flexibility index (Phi) is 3.21. The van der Waals surface area contributed by atoms with Crippen LogP contribution in [-0.4, -0.2) is 17.0 Å². The molecular weight excluding hydrogens is 224 g/mol. The number of rotatable bonds is 4. The zero-order chi connectivity index (χ0) is 11.4. The molecule has 2 rings (SSSR count). The minimum Gasteiger partial charge on any atom is -0.379 e. The number of thiazole rings is 1. The van der Waals surface area contributed by atoms with Crippen molar-refractivity contribution in [1.29, 1.82) is 0 Å². The maximum Gasteiger partial charge on any atom is 0.304 e. The van der Waals surface area contributed by atoms with Crippen molar-refractivity contribution in [2.75, 3.05) is 17.7 Å². The molecule has 0 aliphatic rings. The van der Waals surface area contributed by atoms with E-state index in [1.165, 1.54) is 11.3 Å². The molecule has 0 amide bonds. The molecule has 16 heavy (non-hydrogen) atoms. The molecule has 5 nitrogen and oxygen atoms in total. The van der Waals surface area contributed by atoms with Gasteiger partial charge in [0.1, 0.15) is 5.82 Å². The maximum atomic E-state index is 10.9. The highest BCUT2D eigenvalue weighted by molar-refractivity contribution is 7.07. The van der Waals surface area contributed by atoms with E-state index in [1.54, 1.807) is 6.20 Å². The maximum absolute atomic E-state index is 10.9. The van der Waals surface area contributed by atoms with Crippen LogP contribution in [0, 0.1) is 0 Å². The Labute approximate surface area is 96.6 Å². The number of nitrogens with zero attached hydrogens (tertiary/aromatic N) is 1. The molecule has 84 valence electrons. The van der Waals surface area contributed by atoms with Gasteiger partial charge in [-0.2, -0.15) is 0 Å². The third kappa shape index (κ3) is 2.60. The van der Waals surface area contributed by atoms with Crippen molar-refractivity contribution in [3.63, 3.8) is 0 Å². The highest BCUT2D eigenvalue weighted by Gasteiger charge is 1.98. The molecule has 0 radical (unpaired) electrons. The summed E-state index contributed by atoms with van der Waals surface area (Å²) in [5.74, 6) is 0.809. The van der Waals surface area contributed by atoms with Gasteiger partial charge in [-0.05, 0) is 6.07 Å². The van der Waals surface area contributed by atoms with Gasteiger partial charge in [-0.1, -0.05) is 11.3 Å². The Morgan fingerprint density at radius 3 is 3.12 bits per heavy atom. The fraction of sp³-hybridized carbons (Fsp3) is 0.200. The van der Waals surface area contributed by atoms with E-state index < -0.39 is 0 Å². The molecule has 2 aromatic heterocycles. The van der Waals surface area contributed by atoms with Gasteiger partial charge in [0.05, 0.1) is 6.54 Å². The fourth-order valence-corrected chi connectivity index (χ4v) is 1.86. The van der Waals surface area contributed by atoms with Crippen LogP contribution in [0.2, 0.25) is 0 Å². The van der Waals surface area contributed by atoms with Gasteiger partial charge in [0.15, 0.2) is 0 Å². The van der Waals surface area contributed by atoms with Crippen molar-refractivity contribution in [1.82, 2.24) is 9.97 Å². The van der Waals surface area contributed by atoms with Gasteiger partial charge < -0.3 is 15.6 Å². The van der Waals surface area contributed by atoms with Crippen LogP contribution in [0.1, 0.15) is 5.69 Å². The number of aromatic nitrogens is 2. The van der Waals surface area contributed by atoms with Gasteiger partial charge in [0.25, 0.3) is 0 Å². The lowest BCUT2D eigenvalue weighted by molar-refractivity contribution is 1.06. The normalized spacial score (nSPS) is 10.1. The van der Waals surface area contributed by atoms with Gasteiger partial charge in [0, 0.05) is 36.1 Å². The standard InChI is InChI=1S/C10H12N4OS/c1-11-9-4-7(2-3-12-9)13-5-8-6-16-10(15)14-8/h2-4,6H,5H2,1H3,(H,14,15)(H2,11,12,13). The second-order valence-electron chi connectivity index (χ2n) is 3.21. The van der Waals surface area contributed by atoms with Crippen LogP contribution in [0.3, 0.4) is 0 Å². The molecule has 0 atom stereocenters. The number of nitrogens with one attached hydrogen (secondary N) is 3. The van der Waals surface area contributed by atoms with E-state index in [4.69, 9.17) is 0 Å². The van der Waals surface area contributed by atoms with E-state index in [0.717, 1.165) is 17.2 Å². The number of hydrogen-bond acceptors (Lipinski definition) is 5. The van der Waals surface area contributed by atoms with Gasteiger partial charge >= 0.3 is 4.87 Å². The summed E-state index contributed by atoms with van der Waals surface area (Å²) in [5, 5.41) is 7.98. The van der Waals surface area contributed by atoms with Crippen LogP contribution < -0.4 is 15.5 Å². The second-order valence-corrected chi connectivity index (χ2v) is 4.05. The van der Waals surface area contributed by atoms with Crippen molar-refractivity contribution in [3.05, 3.63) is 39.1 Å². The molecule has 0 spiro atoms. The summed E-state index contributed by atoms with van der Waals surface area (Å²) in [6.07, 6.45) is 1.73. The summed E-state index contributed by atoms with van der Waals surface area (Å²) in [6.45, 7) is 0.603. The quantitative estimate of drug-likeness (QED) is 0.752. The first-order chi connectivity index (χ1) is 7.78. The van der Waals surface area contributed by atoms with Gasteiger partial charge in [-0.25, -0.2) is 4.98 Å². The fourth-order valence-electron chi connectivity index (χ4n) is 1.28. The van der Waals surface area contributed by atoms with E-state index in [1.807, 2.05) is 24.6 Å². The lowest BCUT2D eigenvalue weighted by Gasteiger charge is -2.06. The van der Waals surface area contributed by atoms with Crippen LogP contribution in [0.5, 0.6) is 0 Å². The minimum atomic E-state index is -0.0255. The van der Waals surface area contributed by atoms with Crippen LogP contribution in [0.4, 0.5) is 11.5 Å². The number of H-pyrrole nitrogens is 1. The molecule has 0 bridgehead atoms. The molecule has 6 heteroatoms. The number of hydrogen-bond donors (Lipinski definition) is 3. The predicted molar refractivity (Wildman–Crippen MR) is 66.1 cm³/mol. The molecule has 0 fully saturated rings. The van der Waals surface area contributed by atoms with Gasteiger partial charge in [-0.3, -0.25) is 4.79 Å². The Bertz CT molecular complexity index is 519. The van der Waals surface area contributed by atoms with Gasteiger partial charge in [0.2, 0.25) is 0 Å². The lowest BCUT2D eigenvalue weighted by Crippen LogP contribution is -2.03. The molecule has 0 aromatic carbocycles. The molecule has 0 saturated carbocycles. The largest absolute Gasteiger partial charge is 0.379 e. The number of aromatic amines is 1. The zero-order valence-corrected chi connectivity index (χ0v) is 9.60. The second kappa shape index (κ2) is 4.80. The topological polar surface area (TPSA) is 69.8 Å². The minimum absolute atomic E-state index is 0.0255. The van der Waals surface area contributed by atoms with E-state index in [0.29, 0.717) is 6.54 Å². The van der Waals surface area contributed by atoms with E-state index >= 15 is 0 Å².